The van der Waals surface area contributed by atoms with Gasteiger partial charge in [0.25, 0.3) is 0 Å². The van der Waals surface area contributed by atoms with Crippen LogP contribution in [0.4, 0.5) is 20.2 Å². The van der Waals surface area contributed by atoms with E-state index in [1.807, 2.05) is 36.4 Å². The molecule has 174 valence electrons. The van der Waals surface area contributed by atoms with E-state index in [4.69, 9.17) is 0 Å². The first kappa shape index (κ1) is 23.6. The largest absolute Gasteiger partial charge is 0.324 e. The zero-order valence-corrected chi connectivity index (χ0v) is 19.2. The summed E-state index contributed by atoms with van der Waals surface area (Å²) < 4.78 is 27.0. The van der Waals surface area contributed by atoms with E-state index < -0.39 is 22.8 Å². The SMILES string of the molecule is CCc1ccc(N=C2SC(CC(=O)Nc3ccc(F)cc3F)C(=O)N2Cc2ccccn2)cc1. The average molecular weight is 481 g/mol. The number of aromatic nitrogens is 1. The lowest BCUT2D eigenvalue weighted by atomic mass is 10.2. The number of thioether (sulfide) groups is 1. The number of amides is 2. The molecule has 1 unspecified atom stereocenters. The van der Waals surface area contributed by atoms with E-state index in [-0.39, 0.29) is 24.6 Å². The Bertz CT molecular complexity index is 1220. The van der Waals surface area contributed by atoms with Crippen LogP contribution < -0.4 is 5.32 Å². The molecule has 1 aromatic heterocycles. The minimum absolute atomic E-state index is 0.142. The number of anilines is 1. The van der Waals surface area contributed by atoms with E-state index in [0.29, 0.717) is 22.6 Å². The normalized spacial score (nSPS) is 16.8. The van der Waals surface area contributed by atoms with Crippen LogP contribution in [0.25, 0.3) is 0 Å². The maximum atomic E-state index is 13.9. The highest BCUT2D eigenvalue weighted by Gasteiger charge is 2.39. The van der Waals surface area contributed by atoms with E-state index in [2.05, 4.69) is 22.2 Å². The van der Waals surface area contributed by atoms with Crippen LogP contribution in [0.5, 0.6) is 0 Å². The lowest BCUT2D eigenvalue weighted by Gasteiger charge is -2.16. The number of carbonyl (C=O) groups is 2. The molecule has 2 aromatic carbocycles. The third kappa shape index (κ3) is 5.66. The third-order valence-electron chi connectivity index (χ3n) is 5.21. The van der Waals surface area contributed by atoms with Crippen molar-refractivity contribution >= 4 is 40.1 Å². The summed E-state index contributed by atoms with van der Waals surface area (Å²) in [6.45, 7) is 2.28. The van der Waals surface area contributed by atoms with Crippen LogP contribution in [0, 0.1) is 11.6 Å². The molecule has 1 aliphatic rings. The minimum atomic E-state index is -0.881. The second-order valence-corrected chi connectivity index (χ2v) is 8.81. The lowest BCUT2D eigenvalue weighted by Crippen LogP contribution is -2.33. The number of pyridine rings is 1. The molecule has 9 heteroatoms. The Morgan fingerprint density at radius 3 is 2.62 bits per heavy atom. The maximum absolute atomic E-state index is 13.9. The second kappa shape index (κ2) is 10.6. The number of rotatable bonds is 7. The molecule has 0 bridgehead atoms. The number of nitrogens with one attached hydrogen (secondary N) is 1. The molecule has 3 aromatic rings. The summed E-state index contributed by atoms with van der Waals surface area (Å²) in [6, 6.07) is 16.0. The first-order chi connectivity index (χ1) is 16.4. The molecular weight excluding hydrogens is 458 g/mol. The van der Waals surface area contributed by atoms with E-state index in [0.717, 1.165) is 18.6 Å². The lowest BCUT2D eigenvalue weighted by molar-refractivity contribution is -0.128. The Balaban J connectivity index is 1.54. The fraction of sp³-hybridized carbons (Fsp3) is 0.200. The number of carbonyl (C=O) groups excluding carboxylic acids is 2. The van der Waals surface area contributed by atoms with Gasteiger partial charge >= 0.3 is 0 Å². The summed E-state index contributed by atoms with van der Waals surface area (Å²) in [5, 5.41) is 2.14. The first-order valence-corrected chi connectivity index (χ1v) is 11.6. The minimum Gasteiger partial charge on any atom is -0.324 e. The average Bonchev–Trinajstić information content (AvgIpc) is 3.11. The van der Waals surface area contributed by atoms with Crippen molar-refractivity contribution in [3.8, 4) is 0 Å². The zero-order valence-electron chi connectivity index (χ0n) is 18.4. The van der Waals surface area contributed by atoms with E-state index in [9.17, 15) is 18.4 Å². The second-order valence-electron chi connectivity index (χ2n) is 7.64. The van der Waals surface area contributed by atoms with Gasteiger partial charge in [-0.3, -0.25) is 19.5 Å². The van der Waals surface area contributed by atoms with Crippen molar-refractivity contribution in [1.29, 1.82) is 0 Å². The Kier molecular flexibility index (Phi) is 7.32. The Hall–Kier alpha value is -3.59. The molecule has 4 rings (SSSR count). The molecule has 2 heterocycles. The highest BCUT2D eigenvalue weighted by Crippen LogP contribution is 2.33. The fourth-order valence-electron chi connectivity index (χ4n) is 3.40. The molecule has 1 N–H and O–H groups in total. The summed E-state index contributed by atoms with van der Waals surface area (Å²) in [6.07, 6.45) is 2.36. The molecule has 2 amide bonds. The molecule has 0 spiro atoms. The van der Waals surface area contributed by atoms with Crippen LogP contribution in [0.1, 0.15) is 24.6 Å². The molecule has 1 atom stereocenters. The van der Waals surface area contributed by atoms with Gasteiger partial charge in [-0.1, -0.05) is 36.9 Å². The molecule has 0 aliphatic carbocycles. The Labute approximate surface area is 200 Å². The van der Waals surface area contributed by atoms with Crippen LogP contribution in [0.15, 0.2) is 71.9 Å². The summed E-state index contributed by atoms with van der Waals surface area (Å²) in [4.78, 5) is 36.2. The number of nitrogens with zero attached hydrogens (tertiary/aromatic N) is 3. The number of aryl methyl sites for hydroxylation is 1. The Morgan fingerprint density at radius 1 is 1.15 bits per heavy atom. The van der Waals surface area contributed by atoms with Gasteiger partial charge in [-0.25, -0.2) is 13.8 Å². The molecule has 1 saturated heterocycles. The van der Waals surface area contributed by atoms with Crippen molar-refractivity contribution < 1.29 is 18.4 Å². The molecule has 6 nitrogen and oxygen atoms in total. The van der Waals surface area contributed by atoms with E-state index in [1.54, 1.807) is 12.3 Å². The van der Waals surface area contributed by atoms with Crippen LogP contribution in [-0.4, -0.2) is 32.1 Å². The van der Waals surface area contributed by atoms with Crippen LogP contribution >= 0.6 is 11.8 Å². The molecule has 1 aliphatic heterocycles. The number of hydrogen-bond donors (Lipinski definition) is 1. The standard InChI is InChI=1S/C25H22F2N4O2S/c1-2-16-6-9-18(10-7-16)29-25-31(15-19-5-3-4-12-28-19)24(33)22(34-25)14-23(32)30-21-11-8-17(26)13-20(21)27/h3-13,22H,2,14-15H2,1H3,(H,30,32). The van der Waals surface area contributed by atoms with Gasteiger partial charge in [-0.2, -0.15) is 0 Å². The summed E-state index contributed by atoms with van der Waals surface area (Å²) >= 11 is 1.18. The number of hydrogen-bond acceptors (Lipinski definition) is 5. The van der Waals surface area contributed by atoms with Crippen molar-refractivity contribution in [2.75, 3.05) is 5.32 Å². The Morgan fingerprint density at radius 2 is 1.94 bits per heavy atom. The number of benzene rings is 2. The highest BCUT2D eigenvalue weighted by atomic mass is 32.2. The van der Waals surface area contributed by atoms with Crippen molar-refractivity contribution in [1.82, 2.24) is 9.88 Å². The van der Waals surface area contributed by atoms with Crippen LogP contribution in [0.3, 0.4) is 0 Å². The summed E-state index contributed by atoms with van der Waals surface area (Å²) in [5.41, 5.74) is 2.41. The van der Waals surface area contributed by atoms with Crippen molar-refractivity contribution in [3.05, 3.63) is 89.8 Å². The monoisotopic (exact) mass is 480 g/mol. The van der Waals surface area contributed by atoms with Gasteiger partial charge in [-0.15, -0.1) is 0 Å². The number of halogens is 2. The van der Waals surface area contributed by atoms with E-state index in [1.165, 1.54) is 22.2 Å². The predicted molar refractivity (Wildman–Crippen MR) is 129 cm³/mol. The molecule has 0 radical (unpaired) electrons. The molecule has 0 saturated carbocycles. The van der Waals surface area contributed by atoms with Gasteiger partial charge < -0.3 is 5.32 Å². The third-order valence-corrected chi connectivity index (χ3v) is 6.39. The van der Waals surface area contributed by atoms with Gasteiger partial charge in [0.2, 0.25) is 11.8 Å². The van der Waals surface area contributed by atoms with Gasteiger partial charge in [0, 0.05) is 18.7 Å². The van der Waals surface area contributed by atoms with Crippen LogP contribution in [0.2, 0.25) is 0 Å². The number of aliphatic imine (C=N–C) groups is 1. The zero-order chi connectivity index (χ0) is 24.1. The topological polar surface area (TPSA) is 74.7 Å². The summed E-state index contributed by atoms with van der Waals surface area (Å²) in [5.74, 6) is -2.46. The van der Waals surface area contributed by atoms with Crippen molar-refractivity contribution in [2.45, 2.75) is 31.6 Å². The van der Waals surface area contributed by atoms with Gasteiger partial charge in [0.1, 0.15) is 16.9 Å². The van der Waals surface area contributed by atoms with Crippen molar-refractivity contribution in [2.24, 2.45) is 4.99 Å². The van der Waals surface area contributed by atoms with Gasteiger partial charge in [-0.05, 0) is 48.4 Å². The van der Waals surface area contributed by atoms with Gasteiger partial charge in [0.15, 0.2) is 5.17 Å². The summed E-state index contributed by atoms with van der Waals surface area (Å²) in [7, 11) is 0. The van der Waals surface area contributed by atoms with E-state index >= 15 is 0 Å². The quantitative estimate of drug-likeness (QED) is 0.512. The van der Waals surface area contributed by atoms with Crippen molar-refractivity contribution in [3.63, 3.8) is 0 Å². The predicted octanol–water partition coefficient (Wildman–Crippen LogP) is 5.08. The number of amidine groups is 1. The molecule has 1 fully saturated rings. The maximum Gasteiger partial charge on any atom is 0.243 e. The van der Waals surface area contributed by atoms with Crippen LogP contribution in [-0.2, 0) is 22.6 Å². The van der Waals surface area contributed by atoms with Gasteiger partial charge in [0.05, 0.1) is 23.6 Å². The highest BCUT2D eigenvalue weighted by molar-refractivity contribution is 8.15. The smallest absolute Gasteiger partial charge is 0.243 e. The first-order valence-electron chi connectivity index (χ1n) is 10.7. The fourth-order valence-corrected chi connectivity index (χ4v) is 4.56. The molecule has 34 heavy (non-hydrogen) atoms. The molecular formula is C25H22F2N4O2S.